The summed E-state index contributed by atoms with van der Waals surface area (Å²) in [6.45, 7) is 3.27. The summed E-state index contributed by atoms with van der Waals surface area (Å²) >= 11 is 6.21. The van der Waals surface area contributed by atoms with Gasteiger partial charge in [-0.2, -0.15) is 0 Å². The Kier molecular flexibility index (Phi) is 5.48. The second-order valence-corrected chi connectivity index (χ2v) is 6.58. The van der Waals surface area contributed by atoms with Gasteiger partial charge < -0.3 is 10.2 Å². The van der Waals surface area contributed by atoms with Gasteiger partial charge in [-0.25, -0.2) is 0 Å². The summed E-state index contributed by atoms with van der Waals surface area (Å²) in [4.78, 5) is 2.42. The molecule has 2 nitrogen and oxygen atoms in total. The molecule has 1 unspecified atom stereocenters. The maximum Gasteiger partial charge on any atom is 0.0507 e. The third kappa shape index (κ3) is 3.19. The lowest BCUT2D eigenvalue weighted by Crippen LogP contribution is -2.52. The molecule has 1 aromatic carbocycles. The van der Waals surface area contributed by atoms with E-state index in [4.69, 9.17) is 11.6 Å². The number of halogens is 1. The number of rotatable bonds is 6. The number of hydrogen-bond donors (Lipinski definition) is 1. The molecule has 1 aliphatic carbocycles. The van der Waals surface area contributed by atoms with Crippen LogP contribution in [0.25, 0.3) is 0 Å². The largest absolute Gasteiger partial charge is 0.308 e. The molecular weight excluding hydrogens is 268 g/mol. The van der Waals surface area contributed by atoms with E-state index in [1.165, 1.54) is 31.2 Å². The molecule has 0 radical (unpaired) electrons. The SMILES string of the molecule is CCCNC(c1cccc(Cl)c1)C1(N(C)C)CCCC1. The first kappa shape index (κ1) is 15.8. The topological polar surface area (TPSA) is 15.3 Å². The maximum absolute atomic E-state index is 6.21. The van der Waals surface area contributed by atoms with E-state index in [0.29, 0.717) is 6.04 Å². The highest BCUT2D eigenvalue weighted by atomic mass is 35.5. The van der Waals surface area contributed by atoms with Crippen LogP contribution in [0.4, 0.5) is 0 Å². The first-order valence-electron chi connectivity index (χ1n) is 7.76. The zero-order chi connectivity index (χ0) is 14.6. The quantitative estimate of drug-likeness (QED) is 0.843. The third-order valence-electron chi connectivity index (χ3n) is 4.68. The highest BCUT2D eigenvalue weighted by molar-refractivity contribution is 6.30. The molecule has 3 heteroatoms. The lowest BCUT2D eigenvalue weighted by atomic mass is 9.82. The van der Waals surface area contributed by atoms with Gasteiger partial charge in [0.2, 0.25) is 0 Å². The highest BCUT2D eigenvalue weighted by Crippen LogP contribution is 2.43. The van der Waals surface area contributed by atoms with E-state index in [2.05, 4.69) is 49.4 Å². The van der Waals surface area contributed by atoms with E-state index < -0.39 is 0 Å². The van der Waals surface area contributed by atoms with Crippen molar-refractivity contribution in [3.05, 3.63) is 34.9 Å². The predicted molar refractivity (Wildman–Crippen MR) is 87.4 cm³/mol. The van der Waals surface area contributed by atoms with Crippen LogP contribution in [0.5, 0.6) is 0 Å². The van der Waals surface area contributed by atoms with Crippen molar-refractivity contribution >= 4 is 11.6 Å². The Bertz CT molecular complexity index is 425. The fraction of sp³-hybridized carbons (Fsp3) is 0.647. The van der Waals surface area contributed by atoms with E-state index in [1.807, 2.05) is 6.07 Å². The molecule has 1 atom stereocenters. The summed E-state index contributed by atoms with van der Waals surface area (Å²) in [6.07, 6.45) is 6.31. The fourth-order valence-electron chi connectivity index (χ4n) is 3.57. The summed E-state index contributed by atoms with van der Waals surface area (Å²) in [5.41, 5.74) is 1.54. The minimum absolute atomic E-state index is 0.222. The van der Waals surface area contributed by atoms with Crippen LogP contribution in [-0.4, -0.2) is 31.1 Å². The molecule has 1 N–H and O–H groups in total. The van der Waals surface area contributed by atoms with Gasteiger partial charge in [0.1, 0.15) is 0 Å². The highest BCUT2D eigenvalue weighted by Gasteiger charge is 2.43. The van der Waals surface area contributed by atoms with Crippen molar-refractivity contribution in [2.45, 2.75) is 50.6 Å². The first-order valence-corrected chi connectivity index (χ1v) is 8.14. The summed E-state index contributed by atoms with van der Waals surface area (Å²) in [5.74, 6) is 0. The van der Waals surface area contributed by atoms with E-state index >= 15 is 0 Å². The van der Waals surface area contributed by atoms with Gasteiger partial charge in [-0.3, -0.25) is 0 Å². The van der Waals surface area contributed by atoms with Crippen LogP contribution in [0.1, 0.15) is 50.6 Å². The molecule has 1 aliphatic rings. The van der Waals surface area contributed by atoms with Crippen LogP contribution in [0, 0.1) is 0 Å². The monoisotopic (exact) mass is 294 g/mol. The zero-order valence-electron chi connectivity index (χ0n) is 13.0. The van der Waals surface area contributed by atoms with Crippen molar-refractivity contribution in [1.82, 2.24) is 10.2 Å². The summed E-state index contributed by atoms with van der Waals surface area (Å²) < 4.78 is 0. The van der Waals surface area contributed by atoms with Gasteiger partial charge in [-0.1, -0.05) is 43.5 Å². The molecular formula is C17H27ClN2. The Morgan fingerprint density at radius 1 is 1.30 bits per heavy atom. The van der Waals surface area contributed by atoms with Gasteiger partial charge in [-0.15, -0.1) is 0 Å². The number of hydrogen-bond acceptors (Lipinski definition) is 2. The Labute approximate surface area is 128 Å². The van der Waals surface area contributed by atoms with Crippen molar-refractivity contribution in [1.29, 1.82) is 0 Å². The number of nitrogens with one attached hydrogen (secondary N) is 1. The normalized spacial score (nSPS) is 19.4. The molecule has 0 bridgehead atoms. The van der Waals surface area contributed by atoms with Gasteiger partial charge in [-0.05, 0) is 57.6 Å². The van der Waals surface area contributed by atoms with E-state index in [9.17, 15) is 0 Å². The summed E-state index contributed by atoms with van der Waals surface area (Å²) in [6, 6.07) is 8.72. The van der Waals surface area contributed by atoms with Gasteiger partial charge in [0, 0.05) is 10.6 Å². The van der Waals surface area contributed by atoms with E-state index in [0.717, 1.165) is 18.0 Å². The molecule has 0 saturated heterocycles. The minimum Gasteiger partial charge on any atom is -0.308 e. The van der Waals surface area contributed by atoms with Crippen LogP contribution >= 0.6 is 11.6 Å². The van der Waals surface area contributed by atoms with E-state index in [1.54, 1.807) is 0 Å². The maximum atomic E-state index is 6.21. The van der Waals surface area contributed by atoms with Crippen molar-refractivity contribution in [2.75, 3.05) is 20.6 Å². The summed E-state index contributed by atoms with van der Waals surface area (Å²) in [7, 11) is 4.44. The van der Waals surface area contributed by atoms with Crippen molar-refractivity contribution in [3.63, 3.8) is 0 Å². The molecule has 0 spiro atoms. The average Bonchev–Trinajstić information content (AvgIpc) is 2.90. The van der Waals surface area contributed by atoms with Crippen LogP contribution in [0.2, 0.25) is 5.02 Å². The average molecular weight is 295 g/mol. The van der Waals surface area contributed by atoms with Crippen LogP contribution in [-0.2, 0) is 0 Å². The second kappa shape index (κ2) is 6.93. The minimum atomic E-state index is 0.222. The molecule has 1 fully saturated rings. The Morgan fingerprint density at radius 2 is 2.00 bits per heavy atom. The number of likely N-dealkylation sites (N-methyl/N-ethyl adjacent to an activating group) is 1. The standard InChI is InChI=1S/C17H27ClN2/c1-4-12-19-16(14-8-7-9-15(18)13-14)17(20(2)3)10-5-6-11-17/h7-9,13,16,19H,4-6,10-12H2,1-3H3. The van der Waals surface area contributed by atoms with E-state index in [-0.39, 0.29) is 5.54 Å². The second-order valence-electron chi connectivity index (χ2n) is 6.15. The Balaban J connectivity index is 2.35. The summed E-state index contributed by atoms with van der Waals surface area (Å²) in [5, 5.41) is 4.61. The molecule has 0 amide bonds. The van der Waals surface area contributed by atoms with Crippen molar-refractivity contribution in [2.24, 2.45) is 0 Å². The lowest BCUT2D eigenvalue weighted by Gasteiger charge is -2.44. The van der Waals surface area contributed by atoms with Gasteiger partial charge in [0.15, 0.2) is 0 Å². The fourth-order valence-corrected chi connectivity index (χ4v) is 3.77. The smallest absolute Gasteiger partial charge is 0.0507 e. The Morgan fingerprint density at radius 3 is 2.55 bits per heavy atom. The van der Waals surface area contributed by atoms with Gasteiger partial charge >= 0.3 is 0 Å². The van der Waals surface area contributed by atoms with Gasteiger partial charge in [0.25, 0.3) is 0 Å². The molecule has 1 aromatic rings. The van der Waals surface area contributed by atoms with Crippen LogP contribution in [0.3, 0.4) is 0 Å². The molecule has 1 saturated carbocycles. The van der Waals surface area contributed by atoms with Gasteiger partial charge in [0.05, 0.1) is 6.04 Å². The Hall–Kier alpha value is -0.570. The molecule has 20 heavy (non-hydrogen) atoms. The zero-order valence-corrected chi connectivity index (χ0v) is 13.7. The number of benzene rings is 1. The van der Waals surface area contributed by atoms with Crippen LogP contribution < -0.4 is 5.32 Å². The third-order valence-corrected chi connectivity index (χ3v) is 4.91. The molecule has 0 aliphatic heterocycles. The van der Waals surface area contributed by atoms with Crippen LogP contribution in [0.15, 0.2) is 24.3 Å². The number of nitrogens with zero attached hydrogens (tertiary/aromatic N) is 1. The predicted octanol–water partition coefficient (Wildman–Crippen LogP) is 4.26. The molecule has 112 valence electrons. The molecule has 0 heterocycles. The molecule has 2 rings (SSSR count). The van der Waals surface area contributed by atoms with Crippen molar-refractivity contribution < 1.29 is 0 Å². The van der Waals surface area contributed by atoms with Crippen molar-refractivity contribution in [3.8, 4) is 0 Å². The lowest BCUT2D eigenvalue weighted by molar-refractivity contribution is 0.104. The molecule has 0 aromatic heterocycles. The first-order chi connectivity index (χ1) is 9.60.